The van der Waals surface area contributed by atoms with E-state index in [0.717, 1.165) is 11.7 Å². The van der Waals surface area contributed by atoms with Crippen LogP contribution in [0, 0.1) is 0 Å². The standard InChI is InChI=1S/C8H3BrClN3O2S/c9-6-4(2-1-3-11-6)15-8-5(14)7(10)12-16-13-8/h1-3H. The van der Waals surface area contributed by atoms with E-state index in [9.17, 15) is 4.79 Å². The molecule has 2 rings (SSSR count). The fourth-order valence-corrected chi connectivity index (χ4v) is 1.78. The number of rotatable bonds is 2. The number of halogens is 2. The van der Waals surface area contributed by atoms with Gasteiger partial charge in [0.15, 0.2) is 10.9 Å². The molecule has 0 radical (unpaired) electrons. The lowest BCUT2D eigenvalue weighted by molar-refractivity contribution is 0.456. The third-order valence-electron chi connectivity index (χ3n) is 1.56. The van der Waals surface area contributed by atoms with E-state index in [0.29, 0.717) is 10.4 Å². The normalized spacial score (nSPS) is 10.1. The Labute approximate surface area is 108 Å². The Morgan fingerprint density at radius 2 is 2.25 bits per heavy atom. The van der Waals surface area contributed by atoms with Gasteiger partial charge in [0.1, 0.15) is 4.60 Å². The van der Waals surface area contributed by atoms with Gasteiger partial charge in [0.2, 0.25) is 0 Å². The predicted molar refractivity (Wildman–Crippen MR) is 63.2 cm³/mol. The number of aromatic nitrogens is 3. The zero-order chi connectivity index (χ0) is 11.5. The first-order valence-corrected chi connectivity index (χ1v) is 5.89. The van der Waals surface area contributed by atoms with Gasteiger partial charge in [0, 0.05) is 6.20 Å². The molecule has 2 aromatic rings. The lowest BCUT2D eigenvalue weighted by Gasteiger charge is -2.03. The molecule has 0 atom stereocenters. The molecule has 5 nitrogen and oxygen atoms in total. The highest BCUT2D eigenvalue weighted by Crippen LogP contribution is 2.25. The summed E-state index contributed by atoms with van der Waals surface area (Å²) in [5.74, 6) is 0.278. The van der Waals surface area contributed by atoms with E-state index < -0.39 is 5.43 Å². The topological polar surface area (TPSA) is 65.0 Å². The molecule has 0 aromatic carbocycles. The van der Waals surface area contributed by atoms with E-state index in [1.54, 1.807) is 18.3 Å². The molecular formula is C8H3BrClN3O2S. The lowest BCUT2D eigenvalue weighted by atomic mass is 10.5. The van der Waals surface area contributed by atoms with Gasteiger partial charge in [-0.1, -0.05) is 11.6 Å². The highest BCUT2D eigenvalue weighted by atomic mass is 79.9. The minimum absolute atomic E-state index is 0.112. The molecule has 8 heteroatoms. The number of ether oxygens (including phenoxy) is 1. The molecule has 82 valence electrons. The summed E-state index contributed by atoms with van der Waals surface area (Å²) < 4.78 is 13.1. The van der Waals surface area contributed by atoms with Crippen LogP contribution in [0.25, 0.3) is 0 Å². The van der Waals surface area contributed by atoms with E-state index in [2.05, 4.69) is 29.7 Å². The highest BCUT2D eigenvalue weighted by molar-refractivity contribution is 9.10. The van der Waals surface area contributed by atoms with Crippen LogP contribution in [0.3, 0.4) is 0 Å². The summed E-state index contributed by atoms with van der Waals surface area (Å²) in [6.45, 7) is 0. The predicted octanol–water partition coefficient (Wildman–Crippen LogP) is 2.50. The van der Waals surface area contributed by atoms with Gasteiger partial charge in [-0.05, 0) is 28.1 Å². The summed E-state index contributed by atoms with van der Waals surface area (Å²) in [5, 5.41) is -0.157. The molecule has 16 heavy (non-hydrogen) atoms. The van der Waals surface area contributed by atoms with E-state index in [4.69, 9.17) is 16.3 Å². The van der Waals surface area contributed by atoms with E-state index in [1.165, 1.54) is 0 Å². The molecule has 0 spiro atoms. The molecule has 2 aromatic heterocycles. The first kappa shape index (κ1) is 11.4. The zero-order valence-electron chi connectivity index (χ0n) is 7.55. The first-order valence-electron chi connectivity index (χ1n) is 3.99. The first-order chi connectivity index (χ1) is 7.68. The highest BCUT2D eigenvalue weighted by Gasteiger charge is 2.11. The SMILES string of the molecule is O=c1c(Cl)nsnc1Oc1cccnc1Br. The Kier molecular flexibility index (Phi) is 3.47. The van der Waals surface area contributed by atoms with Crippen molar-refractivity contribution >= 4 is 39.3 Å². The second-order valence-corrected chi connectivity index (χ2v) is 4.22. The van der Waals surface area contributed by atoms with Gasteiger partial charge in [0.05, 0.1) is 11.7 Å². The van der Waals surface area contributed by atoms with Gasteiger partial charge in [-0.2, -0.15) is 4.37 Å². The van der Waals surface area contributed by atoms with Crippen LogP contribution in [0.2, 0.25) is 5.15 Å². The Hall–Kier alpha value is -1.05. The molecule has 0 aliphatic rings. The van der Waals surface area contributed by atoms with Crippen molar-refractivity contribution in [2.75, 3.05) is 0 Å². The summed E-state index contributed by atoms with van der Waals surface area (Å²) >= 11 is 9.55. The minimum Gasteiger partial charge on any atom is -0.432 e. The van der Waals surface area contributed by atoms with Crippen LogP contribution in [-0.2, 0) is 0 Å². The molecule has 0 bridgehead atoms. The van der Waals surface area contributed by atoms with Gasteiger partial charge in [0.25, 0.3) is 11.3 Å². The number of nitrogens with zero attached hydrogens (tertiary/aromatic N) is 3. The minimum atomic E-state index is -0.545. The molecule has 0 aliphatic carbocycles. The van der Waals surface area contributed by atoms with Gasteiger partial charge < -0.3 is 4.74 Å². The molecule has 0 aliphatic heterocycles. The largest absolute Gasteiger partial charge is 0.432 e. The van der Waals surface area contributed by atoms with Crippen molar-refractivity contribution in [1.29, 1.82) is 0 Å². The second kappa shape index (κ2) is 4.86. The average Bonchev–Trinajstić information content (AvgIpc) is 2.28. The zero-order valence-corrected chi connectivity index (χ0v) is 10.7. The maximum atomic E-state index is 11.5. The second-order valence-electron chi connectivity index (χ2n) is 2.58. The van der Waals surface area contributed by atoms with E-state index >= 15 is 0 Å². The molecule has 0 saturated carbocycles. The fourth-order valence-electron chi connectivity index (χ4n) is 0.881. The third kappa shape index (κ3) is 2.37. The third-order valence-corrected chi connectivity index (χ3v) is 3.02. The van der Waals surface area contributed by atoms with Crippen LogP contribution in [-0.4, -0.2) is 13.7 Å². The van der Waals surface area contributed by atoms with Crippen LogP contribution < -0.4 is 10.2 Å². The molecule has 0 amide bonds. The van der Waals surface area contributed by atoms with E-state index in [1.807, 2.05) is 0 Å². The summed E-state index contributed by atoms with van der Waals surface area (Å²) in [6, 6.07) is 3.33. The molecular weight excluding hydrogens is 318 g/mol. The van der Waals surface area contributed by atoms with Crippen molar-refractivity contribution < 1.29 is 4.74 Å². The Morgan fingerprint density at radius 1 is 1.44 bits per heavy atom. The van der Waals surface area contributed by atoms with Crippen LogP contribution in [0.1, 0.15) is 0 Å². The van der Waals surface area contributed by atoms with Crippen LogP contribution >= 0.6 is 39.3 Å². The van der Waals surface area contributed by atoms with Gasteiger partial charge in [-0.25, -0.2) is 4.98 Å². The van der Waals surface area contributed by atoms with Crippen molar-refractivity contribution in [2.24, 2.45) is 0 Å². The molecule has 2 heterocycles. The lowest BCUT2D eigenvalue weighted by Crippen LogP contribution is -2.07. The number of hydrogen-bond acceptors (Lipinski definition) is 6. The summed E-state index contributed by atoms with van der Waals surface area (Å²) in [4.78, 5) is 15.4. The van der Waals surface area contributed by atoms with Crippen LogP contribution in [0.5, 0.6) is 11.6 Å². The smallest absolute Gasteiger partial charge is 0.283 e. The number of hydrogen-bond donors (Lipinski definition) is 0. The average molecular weight is 321 g/mol. The summed E-state index contributed by atoms with van der Waals surface area (Å²) in [7, 11) is 0. The van der Waals surface area contributed by atoms with Crippen molar-refractivity contribution in [3.05, 3.63) is 38.3 Å². The molecule has 0 unspecified atom stereocenters. The Morgan fingerprint density at radius 3 is 3.00 bits per heavy atom. The number of pyridine rings is 1. The monoisotopic (exact) mass is 319 g/mol. The quantitative estimate of drug-likeness (QED) is 0.795. The maximum Gasteiger partial charge on any atom is 0.283 e. The fraction of sp³-hybridized carbons (Fsp3) is 0. The van der Waals surface area contributed by atoms with Gasteiger partial charge in [-0.15, -0.1) is 4.37 Å². The van der Waals surface area contributed by atoms with Crippen molar-refractivity contribution in [3.8, 4) is 11.6 Å². The Bertz CT molecular complexity index is 577. The van der Waals surface area contributed by atoms with Gasteiger partial charge in [-0.3, -0.25) is 4.79 Å². The molecule has 0 fully saturated rings. The summed E-state index contributed by atoms with van der Waals surface area (Å²) in [5.41, 5.74) is -0.545. The van der Waals surface area contributed by atoms with Crippen molar-refractivity contribution in [2.45, 2.75) is 0 Å². The van der Waals surface area contributed by atoms with Crippen molar-refractivity contribution in [1.82, 2.24) is 13.7 Å². The van der Waals surface area contributed by atoms with Crippen molar-refractivity contribution in [3.63, 3.8) is 0 Å². The van der Waals surface area contributed by atoms with Gasteiger partial charge >= 0.3 is 0 Å². The van der Waals surface area contributed by atoms with Crippen LogP contribution in [0.15, 0.2) is 27.7 Å². The molecule has 0 N–H and O–H groups in total. The van der Waals surface area contributed by atoms with E-state index in [-0.39, 0.29) is 11.0 Å². The van der Waals surface area contributed by atoms with Crippen LogP contribution in [0.4, 0.5) is 0 Å². The summed E-state index contributed by atoms with van der Waals surface area (Å²) in [6.07, 6.45) is 1.59. The molecule has 0 saturated heterocycles. The maximum absolute atomic E-state index is 11.5. The Balaban J connectivity index is 2.39.